The van der Waals surface area contributed by atoms with Crippen molar-refractivity contribution >= 4 is 33.4 Å². The van der Waals surface area contributed by atoms with Crippen molar-refractivity contribution < 1.29 is 14.0 Å². The van der Waals surface area contributed by atoms with E-state index in [0.717, 1.165) is 15.8 Å². The third-order valence-electron chi connectivity index (χ3n) is 4.27. The van der Waals surface area contributed by atoms with Crippen molar-refractivity contribution in [2.45, 2.75) is 12.5 Å². The average Bonchev–Trinajstić information content (AvgIpc) is 3.35. The van der Waals surface area contributed by atoms with E-state index in [0.29, 0.717) is 17.2 Å². The van der Waals surface area contributed by atoms with Gasteiger partial charge in [0.1, 0.15) is 6.04 Å². The van der Waals surface area contributed by atoms with E-state index in [9.17, 15) is 9.59 Å². The summed E-state index contributed by atoms with van der Waals surface area (Å²) < 4.78 is 6.71. The SMILES string of the molecule is NC(=O)C(Cc1ccccc1)NC(=O)c1ccc(-c2nc3ccccc3s2)o1. The van der Waals surface area contributed by atoms with Gasteiger partial charge < -0.3 is 15.5 Å². The fourth-order valence-electron chi connectivity index (χ4n) is 2.85. The molecule has 0 aliphatic heterocycles. The van der Waals surface area contributed by atoms with Gasteiger partial charge >= 0.3 is 0 Å². The smallest absolute Gasteiger partial charge is 0.287 e. The quantitative estimate of drug-likeness (QED) is 0.526. The minimum absolute atomic E-state index is 0.105. The highest BCUT2D eigenvalue weighted by molar-refractivity contribution is 7.21. The molecule has 0 aliphatic rings. The number of para-hydroxylation sites is 1. The predicted molar refractivity (Wildman–Crippen MR) is 108 cm³/mol. The van der Waals surface area contributed by atoms with Crippen LogP contribution in [0.4, 0.5) is 0 Å². The first kappa shape index (κ1) is 17.9. The van der Waals surface area contributed by atoms with Crippen LogP contribution in [-0.2, 0) is 11.2 Å². The van der Waals surface area contributed by atoms with Gasteiger partial charge in [-0.05, 0) is 29.8 Å². The van der Waals surface area contributed by atoms with Crippen LogP contribution in [-0.4, -0.2) is 22.8 Å². The molecule has 3 N–H and O–H groups in total. The molecule has 140 valence electrons. The molecule has 2 aromatic carbocycles. The minimum Gasteiger partial charge on any atom is -0.448 e. The van der Waals surface area contributed by atoms with Gasteiger partial charge in [-0.3, -0.25) is 9.59 Å². The number of benzene rings is 2. The lowest BCUT2D eigenvalue weighted by Crippen LogP contribution is -2.45. The van der Waals surface area contributed by atoms with Crippen LogP contribution in [0.25, 0.3) is 21.0 Å². The van der Waals surface area contributed by atoms with Crippen molar-refractivity contribution in [1.29, 1.82) is 0 Å². The lowest BCUT2D eigenvalue weighted by Gasteiger charge is -2.14. The van der Waals surface area contributed by atoms with Crippen LogP contribution in [0.5, 0.6) is 0 Å². The number of hydrogen-bond acceptors (Lipinski definition) is 5. The molecule has 4 aromatic rings. The van der Waals surface area contributed by atoms with Crippen LogP contribution in [0.15, 0.2) is 71.1 Å². The Morgan fingerprint density at radius 2 is 1.79 bits per heavy atom. The van der Waals surface area contributed by atoms with Gasteiger partial charge in [-0.15, -0.1) is 11.3 Å². The normalized spacial score (nSPS) is 12.0. The fraction of sp³-hybridized carbons (Fsp3) is 0.0952. The number of carbonyl (C=O) groups is 2. The Kier molecular flexibility index (Phi) is 4.90. The van der Waals surface area contributed by atoms with Gasteiger partial charge in [-0.1, -0.05) is 42.5 Å². The van der Waals surface area contributed by atoms with Gasteiger partial charge in [0.15, 0.2) is 16.5 Å². The second-order valence-electron chi connectivity index (χ2n) is 6.27. The monoisotopic (exact) mass is 391 g/mol. The van der Waals surface area contributed by atoms with E-state index >= 15 is 0 Å². The van der Waals surface area contributed by atoms with E-state index in [1.807, 2.05) is 54.6 Å². The lowest BCUT2D eigenvalue weighted by atomic mass is 10.1. The molecule has 4 rings (SSSR count). The van der Waals surface area contributed by atoms with Crippen molar-refractivity contribution in [2.24, 2.45) is 5.73 Å². The molecule has 0 saturated heterocycles. The fourth-order valence-corrected chi connectivity index (χ4v) is 3.78. The average molecular weight is 391 g/mol. The Bertz CT molecular complexity index is 1100. The summed E-state index contributed by atoms with van der Waals surface area (Å²) in [4.78, 5) is 28.8. The Labute approximate surface area is 165 Å². The Morgan fingerprint density at radius 3 is 2.54 bits per heavy atom. The van der Waals surface area contributed by atoms with Gasteiger partial charge in [0, 0.05) is 6.42 Å². The second kappa shape index (κ2) is 7.66. The first-order chi connectivity index (χ1) is 13.6. The van der Waals surface area contributed by atoms with Gasteiger partial charge in [0.25, 0.3) is 5.91 Å². The number of aromatic nitrogens is 1. The highest BCUT2D eigenvalue weighted by Gasteiger charge is 2.22. The summed E-state index contributed by atoms with van der Waals surface area (Å²) in [6.07, 6.45) is 0.313. The first-order valence-electron chi connectivity index (χ1n) is 8.70. The zero-order chi connectivity index (χ0) is 19.5. The number of primary amides is 1. The molecule has 7 heteroatoms. The summed E-state index contributed by atoms with van der Waals surface area (Å²) in [5.74, 6) is -0.485. The third-order valence-corrected chi connectivity index (χ3v) is 5.32. The summed E-state index contributed by atoms with van der Waals surface area (Å²) in [6.45, 7) is 0. The van der Waals surface area contributed by atoms with E-state index in [4.69, 9.17) is 10.2 Å². The van der Waals surface area contributed by atoms with Crippen molar-refractivity contribution in [2.75, 3.05) is 0 Å². The van der Waals surface area contributed by atoms with E-state index < -0.39 is 17.9 Å². The summed E-state index contributed by atoms with van der Waals surface area (Å²) in [5.41, 5.74) is 7.24. The van der Waals surface area contributed by atoms with E-state index in [-0.39, 0.29) is 5.76 Å². The number of carbonyl (C=O) groups excluding carboxylic acids is 2. The number of rotatable bonds is 6. The summed E-state index contributed by atoms with van der Waals surface area (Å²) in [7, 11) is 0. The molecule has 0 saturated carbocycles. The van der Waals surface area contributed by atoms with Crippen LogP contribution >= 0.6 is 11.3 Å². The van der Waals surface area contributed by atoms with Crippen molar-refractivity contribution in [3.63, 3.8) is 0 Å². The van der Waals surface area contributed by atoms with Crippen LogP contribution in [0.1, 0.15) is 16.1 Å². The molecule has 2 amide bonds. The highest BCUT2D eigenvalue weighted by Crippen LogP contribution is 2.31. The van der Waals surface area contributed by atoms with Crippen LogP contribution < -0.4 is 11.1 Å². The van der Waals surface area contributed by atoms with Crippen molar-refractivity contribution in [1.82, 2.24) is 10.3 Å². The van der Waals surface area contributed by atoms with Crippen LogP contribution in [0.3, 0.4) is 0 Å². The molecule has 0 radical (unpaired) electrons. The number of fused-ring (bicyclic) bond motifs is 1. The lowest BCUT2D eigenvalue weighted by molar-refractivity contribution is -0.119. The maximum Gasteiger partial charge on any atom is 0.287 e. The zero-order valence-electron chi connectivity index (χ0n) is 14.8. The molecular weight excluding hydrogens is 374 g/mol. The van der Waals surface area contributed by atoms with Crippen molar-refractivity contribution in [3.05, 3.63) is 78.1 Å². The topological polar surface area (TPSA) is 98.2 Å². The first-order valence-corrected chi connectivity index (χ1v) is 9.51. The summed E-state index contributed by atoms with van der Waals surface area (Å²) in [5, 5.41) is 3.34. The molecule has 2 aromatic heterocycles. The van der Waals surface area contributed by atoms with Gasteiger partial charge in [0.05, 0.1) is 10.2 Å². The third kappa shape index (κ3) is 3.79. The number of nitrogens with one attached hydrogen (secondary N) is 1. The molecule has 0 bridgehead atoms. The van der Waals surface area contributed by atoms with Crippen molar-refractivity contribution in [3.8, 4) is 10.8 Å². The Balaban J connectivity index is 1.50. The number of nitrogens with two attached hydrogens (primary N) is 1. The highest BCUT2D eigenvalue weighted by atomic mass is 32.1. The number of hydrogen-bond donors (Lipinski definition) is 2. The summed E-state index contributed by atoms with van der Waals surface area (Å²) in [6, 6.07) is 19.6. The van der Waals surface area contributed by atoms with Crippen LogP contribution in [0, 0.1) is 0 Å². The standard InChI is InChI=1S/C21H17N3O3S/c22-19(25)15(12-13-6-2-1-3-7-13)23-20(26)16-10-11-17(27-16)21-24-14-8-4-5-9-18(14)28-21/h1-11,15H,12H2,(H2,22,25)(H,23,26). The maximum atomic E-state index is 12.5. The summed E-state index contributed by atoms with van der Waals surface area (Å²) >= 11 is 1.49. The van der Waals surface area contributed by atoms with E-state index in [1.165, 1.54) is 11.3 Å². The molecule has 1 unspecified atom stereocenters. The molecule has 0 aliphatic carbocycles. The van der Waals surface area contributed by atoms with Gasteiger partial charge in [-0.2, -0.15) is 0 Å². The van der Waals surface area contributed by atoms with Crippen LogP contribution in [0.2, 0.25) is 0 Å². The number of nitrogens with zero attached hydrogens (tertiary/aromatic N) is 1. The number of thiazole rings is 1. The molecule has 28 heavy (non-hydrogen) atoms. The number of amides is 2. The zero-order valence-corrected chi connectivity index (χ0v) is 15.6. The molecule has 6 nitrogen and oxygen atoms in total. The number of furan rings is 1. The molecule has 2 heterocycles. The Hall–Kier alpha value is -3.45. The largest absolute Gasteiger partial charge is 0.448 e. The predicted octanol–water partition coefficient (Wildman–Crippen LogP) is 3.38. The molecule has 1 atom stereocenters. The molecular formula is C21H17N3O3S. The Morgan fingerprint density at radius 1 is 1.04 bits per heavy atom. The molecule has 0 fully saturated rings. The molecule has 0 spiro atoms. The second-order valence-corrected chi connectivity index (χ2v) is 7.30. The van der Waals surface area contributed by atoms with Gasteiger partial charge in [0.2, 0.25) is 5.91 Å². The van der Waals surface area contributed by atoms with E-state index in [1.54, 1.807) is 12.1 Å². The minimum atomic E-state index is -0.828. The van der Waals surface area contributed by atoms with E-state index in [2.05, 4.69) is 10.3 Å². The maximum absolute atomic E-state index is 12.5. The van der Waals surface area contributed by atoms with Gasteiger partial charge in [-0.25, -0.2) is 4.98 Å².